The van der Waals surface area contributed by atoms with Gasteiger partial charge in [0.25, 0.3) is 0 Å². The number of aliphatic hydroxyl groups is 1. The van der Waals surface area contributed by atoms with Crippen molar-refractivity contribution in [1.29, 1.82) is 0 Å². The topological polar surface area (TPSA) is 96.2 Å². The Kier molecular flexibility index (Phi) is 3.41. The molecule has 8 heteroatoms. The first-order valence-electron chi connectivity index (χ1n) is 4.25. The van der Waals surface area contributed by atoms with Crippen molar-refractivity contribution in [2.45, 2.75) is 31.2 Å². The highest BCUT2D eigenvalue weighted by Gasteiger charge is 2.41. The molecule has 1 fully saturated rings. The van der Waals surface area contributed by atoms with E-state index in [0.717, 1.165) is 0 Å². The first kappa shape index (κ1) is 12.2. The van der Waals surface area contributed by atoms with Crippen LogP contribution in [0.3, 0.4) is 0 Å². The summed E-state index contributed by atoms with van der Waals surface area (Å²) in [6, 6.07) is -0.399. The fraction of sp³-hybridized carbons (Fsp3) is 1.00. The molecule has 1 heterocycles. The first-order valence-corrected chi connectivity index (χ1v) is 6.04. The lowest BCUT2D eigenvalue weighted by Gasteiger charge is -2.18. The number of hydrogen-bond acceptors (Lipinski definition) is 4. The monoisotopic (exact) mass is 224 g/mol. The van der Waals surface area contributed by atoms with E-state index in [1.807, 2.05) is 0 Å². The van der Waals surface area contributed by atoms with Crippen LogP contribution in [0.5, 0.6) is 0 Å². The van der Waals surface area contributed by atoms with Gasteiger partial charge >= 0.3 is 7.60 Å². The molecular formula is C6H14BO6P. The lowest BCUT2D eigenvalue weighted by atomic mass is 9.84. The molecule has 0 amide bonds. The minimum absolute atomic E-state index is 0.216. The molecule has 1 saturated heterocycles. The molecule has 3 unspecified atom stereocenters. The van der Waals surface area contributed by atoms with E-state index in [9.17, 15) is 9.67 Å². The van der Waals surface area contributed by atoms with Crippen molar-refractivity contribution in [2.75, 3.05) is 6.35 Å². The highest BCUT2D eigenvalue weighted by Crippen LogP contribution is 2.37. The normalized spacial score (nSPS) is 38.9. The van der Waals surface area contributed by atoms with Gasteiger partial charge in [-0.05, 0) is 6.92 Å². The van der Waals surface area contributed by atoms with Gasteiger partial charge in [0, 0.05) is 6.42 Å². The van der Waals surface area contributed by atoms with Crippen molar-refractivity contribution in [1.82, 2.24) is 0 Å². The van der Waals surface area contributed by atoms with Crippen molar-refractivity contribution >= 4 is 15.4 Å². The van der Waals surface area contributed by atoms with E-state index < -0.39 is 31.8 Å². The number of ether oxygens (including phenoxy) is 2. The van der Waals surface area contributed by atoms with Crippen LogP contribution in [0, 0.1) is 0 Å². The van der Waals surface area contributed by atoms with Gasteiger partial charge in [-0.2, -0.15) is 0 Å². The van der Waals surface area contributed by atoms with E-state index in [0.29, 0.717) is 0 Å². The molecule has 0 saturated carbocycles. The van der Waals surface area contributed by atoms with Crippen LogP contribution >= 0.6 is 7.60 Å². The van der Waals surface area contributed by atoms with Crippen molar-refractivity contribution in [3.8, 4) is 0 Å². The van der Waals surface area contributed by atoms with Gasteiger partial charge in [-0.15, -0.1) is 0 Å². The van der Waals surface area contributed by atoms with Crippen LogP contribution in [0.25, 0.3) is 0 Å². The minimum Gasteiger partial charge on any atom is -0.388 e. The van der Waals surface area contributed by atoms with E-state index >= 15 is 0 Å². The Morgan fingerprint density at radius 1 is 1.71 bits per heavy atom. The fourth-order valence-electron chi connectivity index (χ4n) is 1.20. The number of hydrogen-bond donors (Lipinski definition) is 3. The van der Waals surface area contributed by atoms with Crippen LogP contribution in [-0.2, 0) is 14.0 Å². The van der Waals surface area contributed by atoms with Crippen LogP contribution in [0.1, 0.15) is 13.3 Å². The van der Waals surface area contributed by atoms with E-state index in [1.165, 1.54) is 0 Å². The van der Waals surface area contributed by atoms with Gasteiger partial charge in [0.05, 0.1) is 11.6 Å². The van der Waals surface area contributed by atoms with Crippen LogP contribution < -0.4 is 0 Å². The molecule has 0 aromatic rings. The molecule has 0 bridgehead atoms. The molecule has 6 nitrogen and oxygen atoms in total. The third kappa shape index (κ3) is 3.35. The lowest BCUT2D eigenvalue weighted by Crippen LogP contribution is -2.34. The smallest absolute Gasteiger partial charge is 0.351 e. The molecule has 82 valence electrons. The zero-order chi connectivity index (χ0) is 11.0. The largest absolute Gasteiger partial charge is 0.388 e. The molecule has 0 aromatic heterocycles. The second-order valence-corrected chi connectivity index (χ2v) is 5.32. The molecular weight excluding hydrogens is 210 g/mol. The summed E-state index contributed by atoms with van der Waals surface area (Å²) in [6.07, 6.45) is -1.21. The van der Waals surface area contributed by atoms with E-state index in [4.69, 9.17) is 19.3 Å². The maximum Gasteiger partial charge on any atom is 0.351 e. The molecule has 1 aliphatic rings. The number of rotatable bonds is 3. The van der Waals surface area contributed by atoms with Crippen LogP contribution in [0.2, 0.25) is 0 Å². The minimum atomic E-state index is -4.16. The van der Waals surface area contributed by atoms with Gasteiger partial charge in [0.2, 0.25) is 0 Å². The molecule has 0 spiro atoms. The van der Waals surface area contributed by atoms with Crippen LogP contribution in [-0.4, -0.2) is 47.0 Å². The van der Waals surface area contributed by atoms with Gasteiger partial charge < -0.3 is 24.4 Å². The molecule has 1 rings (SSSR count). The fourth-order valence-corrected chi connectivity index (χ4v) is 1.56. The zero-order valence-electron chi connectivity index (χ0n) is 8.08. The molecule has 3 atom stereocenters. The Morgan fingerprint density at radius 2 is 2.29 bits per heavy atom. The van der Waals surface area contributed by atoms with Gasteiger partial charge in [-0.25, -0.2) is 0 Å². The Balaban J connectivity index is 2.40. The van der Waals surface area contributed by atoms with E-state index in [-0.39, 0.29) is 6.42 Å². The third-order valence-corrected chi connectivity index (χ3v) is 2.73. The standard InChI is InChI=1S/C6H14BO6P/c1-6(8)2-4(13-5(6)7)12-3-14(9,10)11/h4-5,8H,2-3,7H2,1H3,(H2,9,10,11). The lowest BCUT2D eigenvalue weighted by molar-refractivity contribution is -0.109. The van der Waals surface area contributed by atoms with Crippen LogP contribution in [0.4, 0.5) is 0 Å². The van der Waals surface area contributed by atoms with E-state index in [1.54, 1.807) is 14.8 Å². The summed E-state index contributed by atoms with van der Waals surface area (Å²) in [5.41, 5.74) is -1.00. The second kappa shape index (κ2) is 3.92. The highest BCUT2D eigenvalue weighted by molar-refractivity contribution is 7.51. The summed E-state index contributed by atoms with van der Waals surface area (Å²) >= 11 is 0. The van der Waals surface area contributed by atoms with Crippen molar-refractivity contribution in [3.05, 3.63) is 0 Å². The van der Waals surface area contributed by atoms with Crippen LogP contribution in [0.15, 0.2) is 0 Å². The Morgan fingerprint density at radius 3 is 2.64 bits per heavy atom. The summed E-state index contributed by atoms with van der Waals surface area (Å²) in [5, 5.41) is 9.66. The molecule has 14 heavy (non-hydrogen) atoms. The predicted molar refractivity (Wildman–Crippen MR) is 50.4 cm³/mol. The summed E-state index contributed by atoms with van der Waals surface area (Å²) in [4.78, 5) is 17.1. The van der Waals surface area contributed by atoms with Gasteiger partial charge in [0.1, 0.15) is 7.85 Å². The Hall–Kier alpha value is 0.0949. The van der Waals surface area contributed by atoms with Gasteiger partial charge in [-0.1, -0.05) is 0 Å². The van der Waals surface area contributed by atoms with Crippen molar-refractivity contribution < 1.29 is 28.9 Å². The molecule has 0 aliphatic carbocycles. The molecule has 0 aromatic carbocycles. The molecule has 3 N–H and O–H groups in total. The summed E-state index contributed by atoms with van der Waals surface area (Å²) in [7, 11) is -2.48. The highest BCUT2D eigenvalue weighted by atomic mass is 31.2. The maximum atomic E-state index is 10.5. The Bertz CT molecular complexity index is 251. The van der Waals surface area contributed by atoms with Crippen molar-refractivity contribution in [2.24, 2.45) is 0 Å². The SMILES string of the molecule is BC1OC(OCP(=O)(O)O)CC1(C)O. The zero-order valence-corrected chi connectivity index (χ0v) is 8.98. The summed E-state index contributed by atoms with van der Waals surface area (Å²) in [5.74, 6) is 0. The summed E-state index contributed by atoms with van der Waals surface area (Å²) < 4.78 is 20.5. The molecule has 0 radical (unpaired) electrons. The Labute approximate surface area is 82.8 Å². The average molecular weight is 224 g/mol. The molecule has 1 aliphatic heterocycles. The summed E-state index contributed by atoms with van der Waals surface area (Å²) in [6.45, 7) is 1.60. The average Bonchev–Trinajstić information content (AvgIpc) is 2.21. The van der Waals surface area contributed by atoms with Gasteiger partial charge in [-0.3, -0.25) is 4.57 Å². The predicted octanol–water partition coefficient (Wildman–Crippen LogP) is -1.41. The van der Waals surface area contributed by atoms with Gasteiger partial charge in [0.15, 0.2) is 12.6 Å². The third-order valence-electron chi connectivity index (χ3n) is 2.24. The maximum absolute atomic E-state index is 10.5. The quantitative estimate of drug-likeness (QED) is 0.402. The second-order valence-electron chi connectivity index (χ2n) is 3.73. The van der Waals surface area contributed by atoms with E-state index in [2.05, 4.69) is 0 Å². The van der Waals surface area contributed by atoms with Crippen molar-refractivity contribution in [3.63, 3.8) is 0 Å². The first-order chi connectivity index (χ1) is 6.21.